The van der Waals surface area contributed by atoms with Crippen LogP contribution in [-0.2, 0) is 19.2 Å². The van der Waals surface area contributed by atoms with Crippen LogP contribution in [0.4, 0.5) is 0 Å². The van der Waals surface area contributed by atoms with E-state index in [9.17, 15) is 19.5 Å². The number of carboxylic acids is 1. The summed E-state index contributed by atoms with van der Waals surface area (Å²) in [6.45, 7) is 1.68. The second-order valence-corrected chi connectivity index (χ2v) is 7.13. The number of amides is 2. The molecule has 2 amide bonds. The Bertz CT molecular complexity index is 788. The highest BCUT2D eigenvalue weighted by atomic mass is 35.5. The lowest BCUT2D eigenvalue weighted by molar-refractivity contribution is -0.209. The average molecular weight is 414 g/mol. The summed E-state index contributed by atoms with van der Waals surface area (Å²) in [4.78, 5) is 43.3. The van der Waals surface area contributed by atoms with Crippen LogP contribution >= 0.6 is 24.2 Å². The Morgan fingerprint density at radius 2 is 2.00 bits per heavy atom. The molecule has 0 spiro atoms. The van der Waals surface area contributed by atoms with Crippen LogP contribution in [-0.4, -0.2) is 57.1 Å². The fourth-order valence-corrected chi connectivity index (χ4v) is 4.44. The molecular formula is C17H20ClN3O5S. The van der Waals surface area contributed by atoms with E-state index in [1.807, 2.05) is 6.07 Å². The Balaban J connectivity index is 0.00000261. The summed E-state index contributed by atoms with van der Waals surface area (Å²) in [7, 11) is 1.29. The number of carbonyl (C=O) groups is 3. The van der Waals surface area contributed by atoms with Crippen LogP contribution in [0.1, 0.15) is 18.5 Å². The van der Waals surface area contributed by atoms with Crippen molar-refractivity contribution in [1.82, 2.24) is 9.96 Å². The molecule has 2 heterocycles. The minimum Gasteiger partial charge on any atom is -0.477 e. The molecule has 0 bridgehead atoms. The normalized spacial score (nSPS) is 22.3. The van der Waals surface area contributed by atoms with Gasteiger partial charge in [-0.1, -0.05) is 30.3 Å². The minimum absolute atomic E-state index is 0. The van der Waals surface area contributed by atoms with Crippen LogP contribution in [0, 0.1) is 0 Å². The van der Waals surface area contributed by atoms with Crippen LogP contribution in [0.25, 0.3) is 0 Å². The van der Waals surface area contributed by atoms with Gasteiger partial charge in [-0.3, -0.25) is 19.3 Å². The third-order valence-electron chi connectivity index (χ3n) is 4.42. The van der Waals surface area contributed by atoms with Crippen molar-refractivity contribution in [3.63, 3.8) is 0 Å². The Morgan fingerprint density at radius 1 is 1.37 bits per heavy atom. The van der Waals surface area contributed by atoms with E-state index in [-0.39, 0.29) is 18.1 Å². The van der Waals surface area contributed by atoms with Gasteiger partial charge in [0.15, 0.2) is 6.04 Å². The summed E-state index contributed by atoms with van der Waals surface area (Å²) in [6.07, 6.45) is 0. The molecule has 0 radical (unpaired) electrons. The van der Waals surface area contributed by atoms with Gasteiger partial charge in [-0.05, 0) is 18.1 Å². The van der Waals surface area contributed by atoms with Gasteiger partial charge in [0, 0.05) is 5.75 Å². The predicted molar refractivity (Wildman–Crippen MR) is 102 cm³/mol. The summed E-state index contributed by atoms with van der Waals surface area (Å²) in [5.74, 6) is -1.74. The molecule has 146 valence electrons. The van der Waals surface area contributed by atoms with Gasteiger partial charge in [0.25, 0.3) is 11.8 Å². The van der Waals surface area contributed by atoms with Crippen LogP contribution < -0.4 is 5.73 Å². The van der Waals surface area contributed by atoms with E-state index in [0.29, 0.717) is 16.9 Å². The van der Waals surface area contributed by atoms with Crippen molar-refractivity contribution < 1.29 is 24.3 Å². The van der Waals surface area contributed by atoms with E-state index < -0.39 is 35.2 Å². The largest absolute Gasteiger partial charge is 0.477 e. The fraction of sp³-hybridized carbons (Fsp3) is 0.353. The van der Waals surface area contributed by atoms with Crippen LogP contribution in [0.15, 0.2) is 41.6 Å². The third kappa shape index (κ3) is 3.55. The molecule has 0 aliphatic carbocycles. The number of nitrogens with two attached hydrogens (primary N) is 1. The Kier molecular flexibility index (Phi) is 6.53. The van der Waals surface area contributed by atoms with Gasteiger partial charge < -0.3 is 10.8 Å². The second-order valence-electron chi connectivity index (χ2n) is 6.02. The number of hydrogen-bond donors (Lipinski definition) is 2. The Labute approximate surface area is 166 Å². The molecule has 1 aromatic rings. The number of carbonyl (C=O) groups excluding carboxylic acids is 2. The van der Waals surface area contributed by atoms with Crippen molar-refractivity contribution in [3.05, 3.63) is 47.2 Å². The number of benzene rings is 1. The van der Waals surface area contributed by atoms with Gasteiger partial charge in [-0.25, -0.2) is 9.86 Å². The standard InChI is InChI=1S/C17H19N3O5S.ClH/c1-9-8-26-16-13(15(22)19(16)12(9)17(23)24)20(25-2)14(21)11(18)10-6-4-3-5-7-10;/h3-7,11,13,16H,8,18H2,1-2H3,(H,23,24);1H/t11-,13?,16-;/m1./s1. The van der Waals surface area contributed by atoms with E-state index in [0.717, 1.165) is 5.06 Å². The number of thioether (sulfide) groups is 1. The van der Waals surface area contributed by atoms with Crippen molar-refractivity contribution in [2.75, 3.05) is 12.9 Å². The molecular weight excluding hydrogens is 394 g/mol. The van der Waals surface area contributed by atoms with Crippen molar-refractivity contribution >= 4 is 42.0 Å². The topological polar surface area (TPSA) is 113 Å². The number of hydroxylamine groups is 2. The van der Waals surface area contributed by atoms with Crippen LogP contribution in [0.5, 0.6) is 0 Å². The summed E-state index contributed by atoms with van der Waals surface area (Å²) >= 11 is 1.39. The average Bonchev–Trinajstić information content (AvgIpc) is 2.65. The number of nitrogens with zero attached hydrogens (tertiary/aromatic N) is 2. The SMILES string of the molecule is CON(C(=O)[C@H](N)c1ccccc1)C1C(=O)N2C(C(=O)O)=C(C)CS[C@H]12.Cl. The number of rotatable bonds is 5. The van der Waals surface area contributed by atoms with Gasteiger partial charge in [-0.2, -0.15) is 0 Å². The maximum atomic E-state index is 12.8. The number of fused-ring (bicyclic) bond motifs is 1. The fourth-order valence-electron chi connectivity index (χ4n) is 3.12. The first kappa shape index (κ1) is 21.2. The van der Waals surface area contributed by atoms with Gasteiger partial charge in [0.2, 0.25) is 0 Å². The van der Waals surface area contributed by atoms with Crippen molar-refractivity contribution in [2.24, 2.45) is 5.73 Å². The molecule has 0 aromatic heterocycles. The van der Waals surface area contributed by atoms with Gasteiger partial charge >= 0.3 is 5.97 Å². The van der Waals surface area contributed by atoms with Crippen LogP contribution in [0.3, 0.4) is 0 Å². The maximum absolute atomic E-state index is 12.8. The summed E-state index contributed by atoms with van der Waals surface area (Å²) < 4.78 is 0. The first-order valence-corrected chi connectivity index (χ1v) is 8.98. The quantitative estimate of drug-likeness (QED) is 0.549. The molecule has 0 saturated carbocycles. The maximum Gasteiger partial charge on any atom is 0.352 e. The number of β-lactam (4-membered cyclic amide) rings is 1. The predicted octanol–water partition coefficient (Wildman–Crippen LogP) is 1.14. The zero-order chi connectivity index (χ0) is 19.0. The van der Waals surface area contributed by atoms with Crippen molar-refractivity contribution in [3.8, 4) is 0 Å². The molecule has 2 aliphatic heterocycles. The lowest BCUT2D eigenvalue weighted by Gasteiger charge is -2.51. The summed E-state index contributed by atoms with van der Waals surface area (Å²) in [5, 5.41) is 9.84. The Morgan fingerprint density at radius 3 is 2.56 bits per heavy atom. The summed E-state index contributed by atoms with van der Waals surface area (Å²) in [6, 6.07) is 6.88. The molecule has 8 nitrogen and oxygen atoms in total. The Hall–Kier alpha value is -2.07. The molecule has 1 saturated heterocycles. The van der Waals surface area contributed by atoms with Crippen molar-refractivity contribution in [2.45, 2.75) is 24.4 Å². The molecule has 1 fully saturated rings. The first-order valence-electron chi connectivity index (χ1n) is 7.94. The molecule has 2 aliphatic rings. The summed E-state index contributed by atoms with van der Waals surface area (Å²) in [5.41, 5.74) is 7.23. The first-order chi connectivity index (χ1) is 12.4. The number of carboxylic acid groups (broad SMARTS) is 1. The smallest absolute Gasteiger partial charge is 0.352 e. The highest BCUT2D eigenvalue weighted by Crippen LogP contribution is 2.42. The van der Waals surface area contributed by atoms with E-state index in [4.69, 9.17) is 10.6 Å². The van der Waals surface area contributed by atoms with E-state index >= 15 is 0 Å². The van der Waals surface area contributed by atoms with E-state index in [2.05, 4.69) is 0 Å². The minimum atomic E-state index is -1.16. The molecule has 10 heteroatoms. The van der Waals surface area contributed by atoms with Gasteiger partial charge in [0.05, 0.1) is 7.11 Å². The van der Waals surface area contributed by atoms with Gasteiger partial charge in [-0.15, -0.1) is 24.2 Å². The molecule has 3 rings (SSSR count). The second kappa shape index (κ2) is 8.30. The zero-order valence-electron chi connectivity index (χ0n) is 14.7. The monoisotopic (exact) mass is 413 g/mol. The third-order valence-corrected chi connectivity index (χ3v) is 5.83. The molecule has 27 heavy (non-hydrogen) atoms. The number of hydrogen-bond acceptors (Lipinski definition) is 6. The van der Waals surface area contributed by atoms with Crippen LogP contribution in [0.2, 0.25) is 0 Å². The molecule has 3 atom stereocenters. The van der Waals surface area contributed by atoms with Crippen molar-refractivity contribution in [1.29, 1.82) is 0 Å². The number of aliphatic carboxylic acids is 1. The lowest BCUT2D eigenvalue weighted by Crippen LogP contribution is -2.71. The van der Waals surface area contributed by atoms with E-state index in [1.165, 1.54) is 23.8 Å². The number of halogens is 1. The zero-order valence-corrected chi connectivity index (χ0v) is 16.3. The van der Waals surface area contributed by atoms with Gasteiger partial charge in [0.1, 0.15) is 17.1 Å². The molecule has 1 unspecified atom stereocenters. The molecule has 1 aromatic carbocycles. The molecule has 3 N–H and O–H groups in total. The highest BCUT2D eigenvalue weighted by Gasteiger charge is 2.57. The van der Waals surface area contributed by atoms with E-state index in [1.54, 1.807) is 31.2 Å². The highest BCUT2D eigenvalue weighted by molar-refractivity contribution is 8.00. The lowest BCUT2D eigenvalue weighted by atomic mass is 10.0.